The molecule has 3 aromatic carbocycles. The first-order chi connectivity index (χ1) is 18.4. The maximum Gasteiger partial charge on any atom is 0.243 e. The number of nitrogens with one attached hydrogen (secondary N) is 1. The van der Waals surface area contributed by atoms with Crippen LogP contribution in [0.5, 0.6) is 11.5 Å². The van der Waals surface area contributed by atoms with Gasteiger partial charge in [0.1, 0.15) is 25.1 Å². The summed E-state index contributed by atoms with van der Waals surface area (Å²) in [7, 11) is 0. The van der Waals surface area contributed by atoms with Gasteiger partial charge in [0.05, 0.1) is 0 Å². The fourth-order valence-corrected chi connectivity index (χ4v) is 4.42. The van der Waals surface area contributed by atoms with Gasteiger partial charge >= 0.3 is 0 Å². The first-order valence-electron chi connectivity index (χ1n) is 13.1. The van der Waals surface area contributed by atoms with E-state index in [0.29, 0.717) is 49.7 Å². The summed E-state index contributed by atoms with van der Waals surface area (Å²) < 4.78 is 26.0. The number of carbonyl (C=O) groups is 2. The van der Waals surface area contributed by atoms with Gasteiger partial charge in [0.25, 0.3) is 0 Å². The topological polar surface area (TPSA) is 67.9 Å². The third-order valence-electron chi connectivity index (χ3n) is 6.49. The normalized spacial score (nSPS) is 13.2. The van der Waals surface area contributed by atoms with E-state index in [1.807, 2.05) is 62.4 Å². The van der Waals surface area contributed by atoms with Gasteiger partial charge in [-0.25, -0.2) is 4.39 Å². The Hall–Kier alpha value is -3.87. The summed E-state index contributed by atoms with van der Waals surface area (Å²) in [6.45, 7) is 5.52. The Balaban J connectivity index is 1.59. The van der Waals surface area contributed by atoms with Crippen molar-refractivity contribution in [2.24, 2.45) is 5.92 Å². The Morgan fingerprint density at radius 3 is 2.37 bits per heavy atom. The second kappa shape index (κ2) is 13.1. The molecular formula is C31H35FN2O4. The molecule has 0 bridgehead atoms. The van der Waals surface area contributed by atoms with Crippen LogP contribution in [0, 0.1) is 11.7 Å². The number of hydrogen-bond donors (Lipinski definition) is 1. The van der Waals surface area contributed by atoms with Gasteiger partial charge in [-0.1, -0.05) is 68.4 Å². The molecule has 1 N–H and O–H groups in total. The zero-order valence-electron chi connectivity index (χ0n) is 22.0. The van der Waals surface area contributed by atoms with Crippen LogP contribution in [0.2, 0.25) is 0 Å². The zero-order chi connectivity index (χ0) is 26.9. The minimum Gasteiger partial charge on any atom is -0.486 e. The van der Waals surface area contributed by atoms with Gasteiger partial charge in [0.15, 0.2) is 11.5 Å². The first-order valence-corrected chi connectivity index (χ1v) is 13.1. The number of halogens is 1. The SMILES string of the molecule is CC(C)CNC(=O)[C@H](Cc1ccccc1)N(Cc1ccccc1F)C(=O)CCc1ccc2c(c1)OCCO2. The smallest absolute Gasteiger partial charge is 0.243 e. The molecular weight excluding hydrogens is 483 g/mol. The van der Waals surface area contributed by atoms with Gasteiger partial charge in [-0.3, -0.25) is 9.59 Å². The highest BCUT2D eigenvalue weighted by Gasteiger charge is 2.31. The Bertz CT molecular complexity index is 1230. The van der Waals surface area contributed by atoms with Crippen molar-refractivity contribution in [3.8, 4) is 11.5 Å². The molecule has 0 unspecified atom stereocenters. The molecule has 1 atom stereocenters. The molecule has 6 nitrogen and oxygen atoms in total. The van der Waals surface area contributed by atoms with Gasteiger partial charge in [0, 0.05) is 31.5 Å². The molecule has 0 saturated heterocycles. The lowest BCUT2D eigenvalue weighted by atomic mass is 10.0. The standard InChI is InChI=1S/C31H35FN2O4/c1-22(2)20-33-31(36)27(18-23-8-4-3-5-9-23)34(21-25-10-6-7-11-26(25)32)30(35)15-13-24-12-14-28-29(19-24)38-17-16-37-28/h3-12,14,19,22,27H,13,15-18,20-21H2,1-2H3,(H,33,36)/t27-/m0/s1. The Morgan fingerprint density at radius 1 is 0.921 bits per heavy atom. The number of carbonyl (C=O) groups excluding carboxylic acids is 2. The molecule has 1 heterocycles. The highest BCUT2D eigenvalue weighted by molar-refractivity contribution is 5.88. The van der Waals surface area contributed by atoms with Crippen LogP contribution < -0.4 is 14.8 Å². The van der Waals surface area contributed by atoms with Crippen LogP contribution >= 0.6 is 0 Å². The van der Waals surface area contributed by atoms with Crippen molar-refractivity contribution in [1.82, 2.24) is 10.2 Å². The first kappa shape index (κ1) is 27.2. The fraction of sp³-hybridized carbons (Fsp3) is 0.355. The largest absolute Gasteiger partial charge is 0.486 e. The number of nitrogens with zero attached hydrogens (tertiary/aromatic N) is 1. The maximum atomic E-state index is 14.7. The lowest BCUT2D eigenvalue weighted by molar-refractivity contribution is -0.141. The number of benzene rings is 3. The lowest BCUT2D eigenvalue weighted by Gasteiger charge is -2.32. The maximum absolute atomic E-state index is 14.7. The number of rotatable bonds is 11. The summed E-state index contributed by atoms with van der Waals surface area (Å²) in [4.78, 5) is 28.8. The van der Waals surface area contributed by atoms with Crippen molar-refractivity contribution >= 4 is 11.8 Å². The fourth-order valence-electron chi connectivity index (χ4n) is 4.42. The molecule has 3 aromatic rings. The summed E-state index contributed by atoms with van der Waals surface area (Å²) in [5, 5.41) is 2.99. The molecule has 200 valence electrons. The van der Waals surface area contributed by atoms with E-state index in [9.17, 15) is 14.0 Å². The molecule has 0 saturated carbocycles. The summed E-state index contributed by atoms with van der Waals surface area (Å²) >= 11 is 0. The number of ether oxygens (including phenoxy) is 2. The summed E-state index contributed by atoms with van der Waals surface area (Å²) in [5.74, 6) is 0.743. The monoisotopic (exact) mass is 518 g/mol. The van der Waals surface area contributed by atoms with Crippen LogP contribution in [-0.2, 0) is 29.0 Å². The number of hydrogen-bond acceptors (Lipinski definition) is 4. The van der Waals surface area contributed by atoms with Crippen LogP contribution in [0.15, 0.2) is 72.8 Å². The molecule has 0 aliphatic carbocycles. The van der Waals surface area contributed by atoms with E-state index in [4.69, 9.17) is 9.47 Å². The van der Waals surface area contributed by atoms with Gasteiger partial charge in [-0.05, 0) is 41.7 Å². The Labute approximate surface area is 223 Å². The quantitative estimate of drug-likeness (QED) is 0.390. The number of aryl methyl sites for hydroxylation is 1. The molecule has 38 heavy (non-hydrogen) atoms. The number of amides is 2. The van der Waals surface area contributed by atoms with E-state index in [-0.39, 0.29) is 30.7 Å². The highest BCUT2D eigenvalue weighted by Crippen LogP contribution is 2.31. The molecule has 2 amide bonds. The van der Waals surface area contributed by atoms with Gasteiger partial charge in [-0.15, -0.1) is 0 Å². The zero-order valence-corrected chi connectivity index (χ0v) is 22.0. The number of fused-ring (bicyclic) bond motifs is 1. The van der Waals surface area contributed by atoms with Crippen molar-refractivity contribution in [3.63, 3.8) is 0 Å². The summed E-state index contributed by atoms with van der Waals surface area (Å²) in [6.07, 6.45) is 0.945. The third kappa shape index (κ3) is 7.34. The van der Waals surface area contributed by atoms with Crippen molar-refractivity contribution in [3.05, 3.63) is 95.3 Å². The average molecular weight is 519 g/mol. The molecule has 1 aliphatic rings. The molecule has 0 aromatic heterocycles. The van der Waals surface area contributed by atoms with E-state index < -0.39 is 11.9 Å². The highest BCUT2D eigenvalue weighted by atomic mass is 19.1. The van der Waals surface area contributed by atoms with Crippen molar-refractivity contribution < 1.29 is 23.5 Å². The van der Waals surface area contributed by atoms with Crippen LogP contribution in [0.25, 0.3) is 0 Å². The van der Waals surface area contributed by atoms with E-state index >= 15 is 0 Å². The van der Waals surface area contributed by atoms with Crippen LogP contribution in [0.1, 0.15) is 37.0 Å². The van der Waals surface area contributed by atoms with E-state index in [0.717, 1.165) is 11.1 Å². The minimum absolute atomic E-state index is 0.000750. The average Bonchev–Trinajstić information content (AvgIpc) is 2.93. The molecule has 7 heteroatoms. The van der Waals surface area contributed by atoms with E-state index in [1.54, 1.807) is 18.2 Å². The predicted octanol–water partition coefficient (Wildman–Crippen LogP) is 4.94. The molecule has 0 spiro atoms. The van der Waals surface area contributed by atoms with Gasteiger partial charge < -0.3 is 19.7 Å². The Kier molecular flexibility index (Phi) is 9.35. The van der Waals surface area contributed by atoms with Gasteiger partial charge in [-0.2, -0.15) is 0 Å². The van der Waals surface area contributed by atoms with E-state index in [2.05, 4.69) is 5.32 Å². The van der Waals surface area contributed by atoms with Crippen LogP contribution in [0.4, 0.5) is 4.39 Å². The molecule has 1 aliphatic heterocycles. The van der Waals surface area contributed by atoms with Crippen molar-refractivity contribution in [2.45, 2.75) is 45.7 Å². The van der Waals surface area contributed by atoms with Crippen LogP contribution in [0.3, 0.4) is 0 Å². The summed E-state index contributed by atoms with van der Waals surface area (Å²) in [5.41, 5.74) is 2.22. The predicted molar refractivity (Wildman–Crippen MR) is 144 cm³/mol. The third-order valence-corrected chi connectivity index (χ3v) is 6.49. The van der Waals surface area contributed by atoms with Crippen molar-refractivity contribution in [2.75, 3.05) is 19.8 Å². The molecule has 0 fully saturated rings. The van der Waals surface area contributed by atoms with Crippen LogP contribution in [-0.4, -0.2) is 42.5 Å². The second-order valence-electron chi connectivity index (χ2n) is 9.94. The Morgan fingerprint density at radius 2 is 1.63 bits per heavy atom. The molecule has 4 rings (SSSR count). The minimum atomic E-state index is -0.788. The summed E-state index contributed by atoms with van der Waals surface area (Å²) in [6, 6.07) is 20.8. The van der Waals surface area contributed by atoms with E-state index in [1.165, 1.54) is 11.0 Å². The van der Waals surface area contributed by atoms with Gasteiger partial charge in [0.2, 0.25) is 11.8 Å². The van der Waals surface area contributed by atoms with Crippen molar-refractivity contribution in [1.29, 1.82) is 0 Å². The second-order valence-corrected chi connectivity index (χ2v) is 9.94. The lowest BCUT2D eigenvalue weighted by Crippen LogP contribution is -2.51. The molecule has 0 radical (unpaired) electrons.